The van der Waals surface area contributed by atoms with Crippen LogP contribution in [0.15, 0.2) is 0 Å². The van der Waals surface area contributed by atoms with Crippen LogP contribution in [0.1, 0.15) is 32.6 Å². The third-order valence-corrected chi connectivity index (χ3v) is 4.47. The van der Waals surface area contributed by atoms with Crippen molar-refractivity contribution < 1.29 is 19.1 Å². The Bertz CT molecular complexity index is 341. The van der Waals surface area contributed by atoms with Crippen LogP contribution in [-0.2, 0) is 19.1 Å². The molecule has 2 saturated heterocycles. The summed E-state index contributed by atoms with van der Waals surface area (Å²) in [6.45, 7) is 2.58. The molecule has 0 aromatic heterocycles. The quantitative estimate of drug-likeness (QED) is 0.721. The average Bonchev–Trinajstić information content (AvgIpc) is 2.38. The van der Waals surface area contributed by atoms with Crippen LogP contribution in [0.4, 0.5) is 0 Å². The fraction of sp³-hybridized carbons (Fsp3) is 0.857. The van der Waals surface area contributed by atoms with E-state index in [2.05, 4.69) is 11.8 Å². The molecule has 5 heteroatoms. The van der Waals surface area contributed by atoms with Crippen LogP contribution < -0.4 is 0 Å². The van der Waals surface area contributed by atoms with Gasteiger partial charge in [0.05, 0.1) is 26.7 Å². The molecule has 2 aliphatic rings. The molecule has 0 aliphatic carbocycles. The van der Waals surface area contributed by atoms with E-state index in [1.165, 1.54) is 14.2 Å². The topological polar surface area (TPSA) is 55.8 Å². The number of nitrogens with zero attached hydrogens (tertiary/aromatic N) is 1. The van der Waals surface area contributed by atoms with Crippen molar-refractivity contribution in [3.8, 4) is 0 Å². The van der Waals surface area contributed by atoms with Crippen LogP contribution >= 0.6 is 0 Å². The van der Waals surface area contributed by atoms with Gasteiger partial charge in [-0.15, -0.1) is 0 Å². The molecular formula is C14H23NO4. The molecule has 2 rings (SSSR count). The summed E-state index contributed by atoms with van der Waals surface area (Å²) in [6.07, 6.45) is 3.68. The molecule has 0 aromatic rings. The van der Waals surface area contributed by atoms with Gasteiger partial charge >= 0.3 is 11.9 Å². The van der Waals surface area contributed by atoms with E-state index >= 15 is 0 Å². The number of ether oxygens (including phenoxy) is 2. The second-order valence-electron chi connectivity index (χ2n) is 5.82. The maximum atomic E-state index is 11.7. The zero-order valence-electron chi connectivity index (χ0n) is 11.9. The first kappa shape index (κ1) is 14.3. The Morgan fingerprint density at radius 1 is 1.05 bits per heavy atom. The van der Waals surface area contributed by atoms with E-state index in [0.717, 1.165) is 25.7 Å². The second-order valence-corrected chi connectivity index (χ2v) is 5.82. The van der Waals surface area contributed by atoms with Crippen molar-refractivity contribution in [2.75, 3.05) is 20.8 Å². The average molecular weight is 269 g/mol. The Labute approximate surface area is 114 Å². The molecule has 2 heterocycles. The first-order valence-corrected chi connectivity index (χ1v) is 6.95. The molecule has 2 fully saturated rings. The van der Waals surface area contributed by atoms with Gasteiger partial charge in [-0.2, -0.15) is 0 Å². The normalized spacial score (nSPS) is 34.7. The van der Waals surface area contributed by atoms with Crippen molar-refractivity contribution in [2.45, 2.75) is 44.7 Å². The number of rotatable bonds is 3. The minimum absolute atomic E-state index is 0.0126. The summed E-state index contributed by atoms with van der Waals surface area (Å²) >= 11 is 0. The summed E-state index contributed by atoms with van der Waals surface area (Å²) in [6, 6.07) is 0.594. The molecule has 0 N–H and O–H groups in total. The predicted molar refractivity (Wildman–Crippen MR) is 69.4 cm³/mol. The molecule has 108 valence electrons. The molecule has 0 saturated carbocycles. The van der Waals surface area contributed by atoms with Crippen molar-refractivity contribution in [1.82, 2.24) is 4.90 Å². The maximum absolute atomic E-state index is 11.7. The van der Waals surface area contributed by atoms with Crippen LogP contribution in [0, 0.1) is 11.8 Å². The van der Waals surface area contributed by atoms with E-state index in [4.69, 9.17) is 9.47 Å². The molecule has 0 amide bonds. The van der Waals surface area contributed by atoms with Crippen LogP contribution in [0.5, 0.6) is 0 Å². The van der Waals surface area contributed by atoms with Gasteiger partial charge in [-0.3, -0.25) is 14.5 Å². The lowest BCUT2D eigenvalue weighted by molar-refractivity contribution is -0.153. The van der Waals surface area contributed by atoms with Gasteiger partial charge in [0.2, 0.25) is 0 Å². The summed E-state index contributed by atoms with van der Waals surface area (Å²) in [5.41, 5.74) is 0. The number of carbonyl (C=O) groups excluding carboxylic acids is 2. The molecule has 2 atom stereocenters. The number of hydrogen-bond donors (Lipinski definition) is 0. The molecule has 2 aliphatic heterocycles. The minimum Gasteiger partial charge on any atom is -0.469 e. The number of piperidine rings is 2. The zero-order valence-corrected chi connectivity index (χ0v) is 11.9. The van der Waals surface area contributed by atoms with Gasteiger partial charge in [-0.25, -0.2) is 0 Å². The van der Waals surface area contributed by atoms with E-state index in [0.29, 0.717) is 24.5 Å². The molecule has 19 heavy (non-hydrogen) atoms. The first-order valence-electron chi connectivity index (χ1n) is 6.95. The van der Waals surface area contributed by atoms with Gasteiger partial charge in [0.1, 0.15) is 0 Å². The first-order chi connectivity index (χ1) is 9.05. The predicted octanol–water partition coefficient (Wildman–Crippen LogP) is 1.21. The van der Waals surface area contributed by atoms with Crippen molar-refractivity contribution in [2.24, 2.45) is 11.8 Å². The number of fused-ring (bicyclic) bond motifs is 2. The molecule has 0 aromatic carbocycles. The highest BCUT2D eigenvalue weighted by Gasteiger charge is 2.43. The molecule has 2 unspecified atom stereocenters. The van der Waals surface area contributed by atoms with Crippen molar-refractivity contribution in [1.29, 1.82) is 0 Å². The Hall–Kier alpha value is -1.10. The van der Waals surface area contributed by atoms with E-state index < -0.39 is 0 Å². The minimum atomic E-state index is -0.193. The number of esters is 2. The van der Waals surface area contributed by atoms with Gasteiger partial charge < -0.3 is 9.47 Å². The van der Waals surface area contributed by atoms with E-state index in [1.807, 2.05) is 0 Å². The van der Waals surface area contributed by atoms with Gasteiger partial charge in [-0.1, -0.05) is 6.92 Å². The molecule has 0 radical (unpaired) electrons. The van der Waals surface area contributed by atoms with Crippen LogP contribution in [-0.4, -0.2) is 49.7 Å². The molecule has 0 spiro atoms. The summed E-state index contributed by atoms with van der Waals surface area (Å²) in [5, 5.41) is 0. The lowest BCUT2D eigenvalue weighted by Gasteiger charge is -2.49. The summed E-state index contributed by atoms with van der Waals surface area (Å²) in [7, 11) is 2.86. The highest BCUT2D eigenvalue weighted by molar-refractivity contribution is 5.73. The largest absolute Gasteiger partial charge is 0.469 e. The summed E-state index contributed by atoms with van der Waals surface area (Å²) in [4.78, 5) is 25.5. The Morgan fingerprint density at radius 3 is 2.11 bits per heavy atom. The van der Waals surface area contributed by atoms with Gasteiger partial charge in [0.25, 0.3) is 0 Å². The van der Waals surface area contributed by atoms with Crippen LogP contribution in [0.3, 0.4) is 0 Å². The van der Waals surface area contributed by atoms with Crippen molar-refractivity contribution in [3.05, 3.63) is 0 Å². The smallest absolute Gasteiger partial charge is 0.319 e. The van der Waals surface area contributed by atoms with Gasteiger partial charge in [0, 0.05) is 12.1 Å². The van der Waals surface area contributed by atoms with Crippen LogP contribution in [0.25, 0.3) is 0 Å². The molecule has 2 bridgehead atoms. The zero-order chi connectivity index (χ0) is 14.0. The Balaban J connectivity index is 2.08. The standard InChI is InChI=1S/C14H23NO4/c1-9-4-11-6-10(14(17)19-3)7-12(5-9)15(11)8-13(16)18-2/h9-12H,4-8H2,1-3H3. The third-order valence-electron chi connectivity index (χ3n) is 4.47. The fourth-order valence-corrected chi connectivity index (χ4v) is 3.64. The van der Waals surface area contributed by atoms with E-state index in [-0.39, 0.29) is 17.9 Å². The Morgan fingerprint density at radius 2 is 1.63 bits per heavy atom. The van der Waals surface area contributed by atoms with E-state index in [9.17, 15) is 9.59 Å². The number of carbonyl (C=O) groups is 2. The Kier molecular flexibility index (Phi) is 4.45. The summed E-state index contributed by atoms with van der Waals surface area (Å²) < 4.78 is 9.64. The van der Waals surface area contributed by atoms with Crippen molar-refractivity contribution in [3.63, 3.8) is 0 Å². The van der Waals surface area contributed by atoms with Crippen molar-refractivity contribution >= 4 is 11.9 Å². The highest BCUT2D eigenvalue weighted by atomic mass is 16.5. The fourth-order valence-electron chi connectivity index (χ4n) is 3.64. The monoisotopic (exact) mass is 269 g/mol. The number of methoxy groups -OCH3 is 2. The highest BCUT2D eigenvalue weighted by Crippen LogP contribution is 2.39. The summed E-state index contributed by atoms with van der Waals surface area (Å²) in [5.74, 6) is 0.340. The number of hydrogen-bond acceptors (Lipinski definition) is 5. The second kappa shape index (κ2) is 5.90. The molecular weight excluding hydrogens is 246 g/mol. The SMILES string of the molecule is COC(=O)CN1C2CC(C)CC1CC(C(=O)OC)C2. The van der Waals surface area contributed by atoms with Crippen LogP contribution in [0.2, 0.25) is 0 Å². The van der Waals surface area contributed by atoms with Gasteiger partial charge in [-0.05, 0) is 31.6 Å². The van der Waals surface area contributed by atoms with Gasteiger partial charge in [0.15, 0.2) is 0 Å². The lowest BCUT2D eigenvalue weighted by atomic mass is 9.74. The third kappa shape index (κ3) is 3.08. The molecule has 5 nitrogen and oxygen atoms in total. The lowest BCUT2D eigenvalue weighted by Crippen LogP contribution is -2.56. The maximum Gasteiger partial charge on any atom is 0.319 e. The van der Waals surface area contributed by atoms with E-state index in [1.54, 1.807) is 0 Å².